The Balaban J connectivity index is 1.64. The van der Waals surface area contributed by atoms with E-state index in [0.717, 1.165) is 16.5 Å². The fourth-order valence-corrected chi connectivity index (χ4v) is 2.86. The van der Waals surface area contributed by atoms with Gasteiger partial charge in [0.05, 0.1) is 6.04 Å². The van der Waals surface area contributed by atoms with E-state index < -0.39 is 5.63 Å². The van der Waals surface area contributed by atoms with E-state index in [-0.39, 0.29) is 24.4 Å². The zero-order chi connectivity index (χ0) is 19.4. The lowest BCUT2D eigenvalue weighted by Gasteiger charge is -2.15. The largest absolute Gasteiger partial charge is 0.484 e. The van der Waals surface area contributed by atoms with Gasteiger partial charge in [-0.05, 0) is 48.7 Å². The van der Waals surface area contributed by atoms with Gasteiger partial charge in [-0.25, -0.2) is 9.18 Å². The van der Waals surface area contributed by atoms with Gasteiger partial charge in [0, 0.05) is 17.5 Å². The van der Waals surface area contributed by atoms with Crippen LogP contribution in [0.2, 0.25) is 0 Å². The first-order valence-electron chi connectivity index (χ1n) is 8.70. The van der Waals surface area contributed by atoms with E-state index in [1.807, 2.05) is 19.9 Å². The van der Waals surface area contributed by atoms with Gasteiger partial charge in [-0.3, -0.25) is 4.79 Å². The van der Waals surface area contributed by atoms with E-state index in [1.165, 1.54) is 18.2 Å². The molecule has 3 rings (SSSR count). The van der Waals surface area contributed by atoms with Crippen molar-refractivity contribution in [2.75, 3.05) is 6.61 Å². The van der Waals surface area contributed by atoms with Gasteiger partial charge in [0.25, 0.3) is 5.91 Å². The van der Waals surface area contributed by atoms with Gasteiger partial charge in [-0.15, -0.1) is 0 Å². The standard InChI is InChI=1S/C21H20FNO4/c1-3-14-10-21(25)27-19-11-17(8-9-18(14)19)26-12-20(24)23-13(2)15-4-6-16(22)7-5-15/h4-11,13H,3,12H2,1-2H3,(H,23,24). The fourth-order valence-electron chi connectivity index (χ4n) is 2.86. The normalized spacial score (nSPS) is 12.0. The van der Waals surface area contributed by atoms with Crippen molar-refractivity contribution in [1.29, 1.82) is 0 Å². The van der Waals surface area contributed by atoms with Crippen molar-refractivity contribution in [1.82, 2.24) is 5.32 Å². The summed E-state index contributed by atoms with van der Waals surface area (Å²) in [5, 5.41) is 3.64. The minimum atomic E-state index is -0.414. The summed E-state index contributed by atoms with van der Waals surface area (Å²) in [4.78, 5) is 23.7. The fraction of sp³-hybridized carbons (Fsp3) is 0.238. The highest BCUT2D eigenvalue weighted by molar-refractivity contribution is 5.82. The molecule has 0 aliphatic carbocycles. The molecule has 3 aromatic rings. The molecule has 27 heavy (non-hydrogen) atoms. The topological polar surface area (TPSA) is 68.5 Å². The van der Waals surface area contributed by atoms with Crippen molar-refractivity contribution >= 4 is 16.9 Å². The highest BCUT2D eigenvalue weighted by Gasteiger charge is 2.11. The van der Waals surface area contributed by atoms with Crippen LogP contribution in [0.15, 0.2) is 57.7 Å². The molecule has 1 heterocycles. The van der Waals surface area contributed by atoms with Gasteiger partial charge >= 0.3 is 5.63 Å². The van der Waals surface area contributed by atoms with Crippen LogP contribution < -0.4 is 15.7 Å². The number of aryl methyl sites for hydroxylation is 1. The molecule has 1 amide bonds. The Bertz CT molecular complexity index is 1010. The van der Waals surface area contributed by atoms with Crippen LogP contribution in [0.1, 0.15) is 31.0 Å². The summed E-state index contributed by atoms with van der Waals surface area (Å²) < 4.78 is 23.7. The first-order chi connectivity index (χ1) is 13.0. The lowest BCUT2D eigenvalue weighted by molar-refractivity contribution is -0.123. The lowest BCUT2D eigenvalue weighted by Crippen LogP contribution is -2.31. The molecule has 1 unspecified atom stereocenters. The predicted octanol–water partition coefficient (Wildman–Crippen LogP) is 3.75. The van der Waals surface area contributed by atoms with E-state index in [4.69, 9.17) is 9.15 Å². The molecule has 6 heteroatoms. The third-order valence-electron chi connectivity index (χ3n) is 4.30. The Labute approximate surface area is 155 Å². The second-order valence-electron chi connectivity index (χ2n) is 6.23. The Morgan fingerprint density at radius 2 is 1.93 bits per heavy atom. The third-order valence-corrected chi connectivity index (χ3v) is 4.30. The first-order valence-corrected chi connectivity index (χ1v) is 8.70. The molecule has 0 aliphatic heterocycles. The van der Waals surface area contributed by atoms with E-state index in [1.54, 1.807) is 24.3 Å². The number of benzene rings is 2. The second-order valence-corrected chi connectivity index (χ2v) is 6.23. The zero-order valence-electron chi connectivity index (χ0n) is 15.1. The maximum atomic E-state index is 13.0. The molecule has 5 nitrogen and oxygen atoms in total. The van der Waals surface area contributed by atoms with Crippen molar-refractivity contribution in [2.45, 2.75) is 26.3 Å². The van der Waals surface area contributed by atoms with Crippen molar-refractivity contribution in [3.05, 3.63) is 75.9 Å². The van der Waals surface area contributed by atoms with E-state index >= 15 is 0 Å². The predicted molar refractivity (Wildman–Crippen MR) is 100 cm³/mol. The summed E-state index contributed by atoms with van der Waals surface area (Å²) in [7, 11) is 0. The molecule has 0 bridgehead atoms. The molecule has 0 radical (unpaired) electrons. The molecule has 0 saturated carbocycles. The second kappa shape index (κ2) is 8.03. The number of ether oxygens (including phenoxy) is 1. The number of nitrogens with one attached hydrogen (secondary N) is 1. The van der Waals surface area contributed by atoms with E-state index in [2.05, 4.69) is 5.32 Å². The Hall–Kier alpha value is -3.15. The van der Waals surface area contributed by atoms with Gasteiger partial charge in [0.2, 0.25) is 0 Å². The van der Waals surface area contributed by atoms with Crippen LogP contribution in [0.5, 0.6) is 5.75 Å². The molecule has 0 saturated heterocycles. The molecule has 0 fully saturated rings. The molecule has 0 aliphatic rings. The number of carbonyl (C=O) groups is 1. The van der Waals surface area contributed by atoms with Crippen molar-refractivity contribution in [3.63, 3.8) is 0 Å². The maximum Gasteiger partial charge on any atom is 0.336 e. The lowest BCUT2D eigenvalue weighted by atomic mass is 10.1. The number of hydrogen-bond acceptors (Lipinski definition) is 4. The summed E-state index contributed by atoms with van der Waals surface area (Å²) >= 11 is 0. The minimum Gasteiger partial charge on any atom is -0.484 e. The van der Waals surface area contributed by atoms with Crippen LogP contribution in [0.4, 0.5) is 4.39 Å². The Morgan fingerprint density at radius 3 is 2.63 bits per heavy atom. The molecular formula is C21H20FNO4. The average Bonchev–Trinajstić information content (AvgIpc) is 2.65. The van der Waals surface area contributed by atoms with Crippen LogP contribution in [0, 0.1) is 5.82 Å². The summed E-state index contributed by atoms with van der Waals surface area (Å²) in [6.45, 7) is 3.59. The van der Waals surface area contributed by atoms with Crippen LogP contribution in [-0.2, 0) is 11.2 Å². The molecular weight excluding hydrogens is 349 g/mol. The Morgan fingerprint density at radius 1 is 1.19 bits per heavy atom. The summed E-state index contributed by atoms with van der Waals surface area (Å²) in [6, 6.07) is 12.3. The van der Waals surface area contributed by atoms with Crippen LogP contribution in [0.25, 0.3) is 11.0 Å². The summed E-state index contributed by atoms with van der Waals surface area (Å²) in [5.41, 5.74) is 1.71. The number of carbonyl (C=O) groups excluding carboxylic acids is 1. The summed E-state index contributed by atoms with van der Waals surface area (Å²) in [5.74, 6) is -0.200. The molecule has 2 aromatic carbocycles. The third kappa shape index (κ3) is 4.53. The van der Waals surface area contributed by atoms with Gasteiger partial charge < -0.3 is 14.5 Å². The molecule has 140 valence electrons. The van der Waals surface area contributed by atoms with Crippen LogP contribution in [-0.4, -0.2) is 12.5 Å². The molecule has 1 atom stereocenters. The van der Waals surface area contributed by atoms with Gasteiger partial charge in [0.1, 0.15) is 17.1 Å². The number of hydrogen-bond donors (Lipinski definition) is 1. The van der Waals surface area contributed by atoms with Crippen molar-refractivity contribution in [2.24, 2.45) is 0 Å². The first kappa shape index (κ1) is 18.6. The van der Waals surface area contributed by atoms with E-state index in [9.17, 15) is 14.0 Å². The number of halogens is 1. The number of fused-ring (bicyclic) bond motifs is 1. The van der Waals surface area contributed by atoms with Gasteiger partial charge in [-0.2, -0.15) is 0 Å². The van der Waals surface area contributed by atoms with Crippen LogP contribution >= 0.6 is 0 Å². The minimum absolute atomic E-state index is 0.186. The van der Waals surface area contributed by atoms with Crippen LogP contribution in [0.3, 0.4) is 0 Å². The van der Waals surface area contributed by atoms with E-state index in [0.29, 0.717) is 17.8 Å². The molecule has 1 aromatic heterocycles. The van der Waals surface area contributed by atoms with Gasteiger partial charge in [0.15, 0.2) is 6.61 Å². The van der Waals surface area contributed by atoms with Crippen molar-refractivity contribution < 1.29 is 18.3 Å². The zero-order valence-corrected chi connectivity index (χ0v) is 15.1. The number of amides is 1. The van der Waals surface area contributed by atoms with Gasteiger partial charge in [-0.1, -0.05) is 19.1 Å². The quantitative estimate of drug-likeness (QED) is 0.672. The van der Waals surface area contributed by atoms with Crippen molar-refractivity contribution in [3.8, 4) is 5.75 Å². The smallest absolute Gasteiger partial charge is 0.336 e. The molecule has 1 N–H and O–H groups in total. The molecule has 0 spiro atoms. The Kier molecular flexibility index (Phi) is 5.54. The maximum absolute atomic E-state index is 13.0. The monoisotopic (exact) mass is 369 g/mol. The highest BCUT2D eigenvalue weighted by Crippen LogP contribution is 2.23. The highest BCUT2D eigenvalue weighted by atomic mass is 19.1. The SMILES string of the molecule is CCc1cc(=O)oc2cc(OCC(=O)NC(C)c3ccc(F)cc3)ccc12. The summed E-state index contributed by atoms with van der Waals surface area (Å²) in [6.07, 6.45) is 0.714. The average molecular weight is 369 g/mol. The number of rotatable bonds is 6.